The maximum Gasteiger partial charge on any atom is 0.407 e. The number of rotatable bonds is 8. The maximum absolute atomic E-state index is 14.0. The summed E-state index contributed by atoms with van der Waals surface area (Å²) in [5.41, 5.74) is 3.14. The number of hydrogen-bond acceptors (Lipinski definition) is 9. The minimum atomic E-state index is -3.99. The van der Waals surface area contributed by atoms with E-state index in [0.717, 1.165) is 56.0 Å². The van der Waals surface area contributed by atoms with Crippen molar-refractivity contribution >= 4 is 50.3 Å². The van der Waals surface area contributed by atoms with Gasteiger partial charge in [0.25, 0.3) is 10.0 Å². The number of nitrogens with zero attached hydrogens (tertiary/aromatic N) is 7. The van der Waals surface area contributed by atoms with Crippen LogP contribution in [0.15, 0.2) is 65.7 Å². The van der Waals surface area contributed by atoms with E-state index in [1.54, 1.807) is 30.3 Å². The Bertz CT molecular complexity index is 1900. The first-order valence-corrected chi connectivity index (χ1v) is 18.4. The second kappa shape index (κ2) is 13.5. The van der Waals surface area contributed by atoms with Gasteiger partial charge in [0.2, 0.25) is 5.95 Å². The molecule has 13 heteroatoms. The lowest BCUT2D eigenvalue weighted by atomic mass is 9.77. The summed E-state index contributed by atoms with van der Waals surface area (Å²) in [7, 11) is 0.0723. The molecule has 262 valence electrons. The number of likely N-dealkylation sites (tertiary alicyclic amines) is 1. The SMILES string of the molecule is Cc1ccc(S(=O)(=O)n2ccc3c(N(C)[C@H]4CN(C(=O)O)CC[C@H]4CC(C)(C)C)nc(Nc4ccc(N5CCN(C)CC5)cc4)nc32)cc1. The van der Waals surface area contributed by atoms with E-state index >= 15 is 0 Å². The number of piperidine rings is 1. The summed E-state index contributed by atoms with van der Waals surface area (Å²) in [6.07, 6.45) is 2.20. The van der Waals surface area contributed by atoms with E-state index in [2.05, 4.69) is 55.1 Å². The predicted molar refractivity (Wildman–Crippen MR) is 195 cm³/mol. The molecule has 0 bridgehead atoms. The van der Waals surface area contributed by atoms with Crippen molar-refractivity contribution in [2.24, 2.45) is 11.3 Å². The lowest BCUT2D eigenvalue weighted by Crippen LogP contribution is -2.54. The molecule has 6 rings (SSSR count). The van der Waals surface area contributed by atoms with Gasteiger partial charge in [-0.15, -0.1) is 0 Å². The van der Waals surface area contributed by atoms with Crippen LogP contribution in [0.2, 0.25) is 0 Å². The van der Waals surface area contributed by atoms with Crippen LogP contribution < -0.4 is 15.1 Å². The first-order chi connectivity index (χ1) is 23.2. The summed E-state index contributed by atoms with van der Waals surface area (Å²) in [4.78, 5) is 30.2. The quantitative estimate of drug-likeness (QED) is 0.238. The maximum atomic E-state index is 14.0. The number of aryl methyl sites for hydroxylation is 1. The Morgan fingerprint density at radius 1 is 0.980 bits per heavy atom. The normalized spacial score (nSPS) is 19.3. The molecular formula is C36H48N8O4S. The smallest absolute Gasteiger partial charge is 0.407 e. The highest BCUT2D eigenvalue weighted by Crippen LogP contribution is 2.37. The van der Waals surface area contributed by atoms with Gasteiger partial charge in [-0.05, 0) is 80.6 Å². The molecule has 0 unspecified atom stereocenters. The van der Waals surface area contributed by atoms with Gasteiger partial charge in [0.05, 0.1) is 16.3 Å². The number of nitrogens with one attached hydrogen (secondary N) is 1. The molecule has 2 saturated heterocycles. The summed E-state index contributed by atoms with van der Waals surface area (Å²) in [5.74, 6) is 0.983. The summed E-state index contributed by atoms with van der Waals surface area (Å²) in [6, 6.07) is 16.4. The van der Waals surface area contributed by atoms with Gasteiger partial charge in [0, 0.05) is 63.9 Å². The van der Waals surface area contributed by atoms with Gasteiger partial charge in [0.15, 0.2) is 5.65 Å². The molecular weight excluding hydrogens is 641 g/mol. The molecule has 2 atom stereocenters. The Hall–Kier alpha value is -4.36. The molecule has 2 aliphatic heterocycles. The van der Waals surface area contributed by atoms with E-state index in [1.807, 2.05) is 31.0 Å². The van der Waals surface area contributed by atoms with Crippen molar-refractivity contribution in [2.75, 3.05) is 68.5 Å². The van der Waals surface area contributed by atoms with Gasteiger partial charge in [-0.25, -0.2) is 17.2 Å². The van der Waals surface area contributed by atoms with Crippen molar-refractivity contribution in [3.63, 3.8) is 0 Å². The zero-order valence-corrected chi connectivity index (χ0v) is 30.1. The molecule has 2 N–H and O–H groups in total. The number of fused-ring (bicyclic) bond motifs is 1. The molecule has 2 aromatic heterocycles. The largest absolute Gasteiger partial charge is 0.465 e. The van der Waals surface area contributed by atoms with Crippen LogP contribution in [-0.4, -0.2) is 103 Å². The minimum absolute atomic E-state index is 0.0323. The zero-order valence-electron chi connectivity index (χ0n) is 29.3. The van der Waals surface area contributed by atoms with Crippen molar-refractivity contribution in [1.82, 2.24) is 23.7 Å². The van der Waals surface area contributed by atoms with Crippen molar-refractivity contribution in [3.05, 3.63) is 66.4 Å². The van der Waals surface area contributed by atoms with Crippen molar-refractivity contribution in [1.29, 1.82) is 0 Å². The number of amides is 1. The highest BCUT2D eigenvalue weighted by atomic mass is 32.2. The predicted octanol–water partition coefficient (Wildman–Crippen LogP) is 5.71. The van der Waals surface area contributed by atoms with Crippen molar-refractivity contribution in [2.45, 2.75) is 51.5 Å². The number of piperazine rings is 1. The summed E-state index contributed by atoms with van der Waals surface area (Å²) in [6.45, 7) is 13.2. The van der Waals surface area contributed by atoms with Gasteiger partial charge in [0.1, 0.15) is 5.82 Å². The Labute approximate surface area is 289 Å². The van der Waals surface area contributed by atoms with Crippen LogP contribution in [0.4, 0.5) is 27.9 Å². The standard InChI is InChI=1S/C36H48N8O4S/c1-25-7-13-29(14-8-25)49(47,48)44-18-16-30-32(41(6)31-24-43(35(45)46)17-15-26(31)23-36(2,3)4)38-34(39-33(30)44)37-27-9-11-28(12-10-27)42-21-19-40(5)20-22-42/h7-14,16,18,26,31H,15,17,19-24H2,1-6H3,(H,45,46)(H,37,38,39)/t26-,31-/m0/s1. The molecule has 2 fully saturated rings. The first-order valence-electron chi connectivity index (χ1n) is 16.9. The number of aromatic nitrogens is 3. The molecule has 0 aliphatic carbocycles. The second-order valence-corrected chi connectivity index (χ2v) is 16.5. The van der Waals surface area contributed by atoms with Gasteiger partial charge in [-0.1, -0.05) is 38.5 Å². The average Bonchev–Trinajstić information content (AvgIpc) is 3.49. The number of hydrogen-bond donors (Lipinski definition) is 2. The van der Waals surface area contributed by atoms with E-state index in [1.165, 1.54) is 15.1 Å². The van der Waals surface area contributed by atoms with Gasteiger partial charge in [-0.2, -0.15) is 9.97 Å². The number of carboxylic acid groups (broad SMARTS) is 1. The molecule has 4 heterocycles. The lowest BCUT2D eigenvalue weighted by Gasteiger charge is -2.44. The van der Waals surface area contributed by atoms with Gasteiger partial charge >= 0.3 is 6.09 Å². The monoisotopic (exact) mass is 688 g/mol. The van der Waals surface area contributed by atoms with Gasteiger partial charge < -0.3 is 30.0 Å². The zero-order chi connectivity index (χ0) is 35.1. The molecule has 49 heavy (non-hydrogen) atoms. The second-order valence-electron chi connectivity index (χ2n) is 14.7. The van der Waals surface area contributed by atoms with Crippen molar-refractivity contribution in [3.8, 4) is 0 Å². The van der Waals surface area contributed by atoms with Crippen LogP contribution in [0.3, 0.4) is 0 Å². The summed E-state index contributed by atoms with van der Waals surface area (Å²) in [5, 5.41) is 13.8. The number of anilines is 4. The van der Waals surface area contributed by atoms with E-state index < -0.39 is 16.1 Å². The third kappa shape index (κ3) is 7.47. The number of carbonyl (C=O) groups is 1. The third-order valence-electron chi connectivity index (χ3n) is 9.76. The highest BCUT2D eigenvalue weighted by Gasteiger charge is 2.37. The molecule has 2 aromatic carbocycles. The van der Waals surface area contributed by atoms with E-state index in [0.29, 0.717) is 24.3 Å². The van der Waals surface area contributed by atoms with Crippen LogP contribution >= 0.6 is 0 Å². The van der Waals surface area contributed by atoms with Crippen LogP contribution in [0.5, 0.6) is 0 Å². The van der Waals surface area contributed by atoms with E-state index in [9.17, 15) is 18.3 Å². The summed E-state index contributed by atoms with van der Waals surface area (Å²) < 4.78 is 29.2. The van der Waals surface area contributed by atoms with Crippen LogP contribution in [0.25, 0.3) is 11.0 Å². The Morgan fingerprint density at radius 3 is 2.29 bits per heavy atom. The van der Waals surface area contributed by atoms with E-state index in [4.69, 9.17) is 9.97 Å². The van der Waals surface area contributed by atoms with Crippen LogP contribution in [0.1, 0.15) is 39.2 Å². The number of likely N-dealkylation sites (N-methyl/N-ethyl adjacent to an activating group) is 2. The Kier molecular flexibility index (Phi) is 9.51. The third-order valence-corrected chi connectivity index (χ3v) is 11.4. The van der Waals surface area contributed by atoms with E-state index in [-0.39, 0.29) is 33.9 Å². The van der Waals surface area contributed by atoms with Crippen LogP contribution in [-0.2, 0) is 10.0 Å². The fourth-order valence-corrected chi connectivity index (χ4v) is 8.34. The topological polar surface area (TPSA) is 127 Å². The van der Waals surface area contributed by atoms with Crippen molar-refractivity contribution < 1.29 is 18.3 Å². The van der Waals surface area contributed by atoms with Gasteiger partial charge in [-0.3, -0.25) is 0 Å². The fourth-order valence-electron chi connectivity index (χ4n) is 7.04. The fraction of sp³-hybridized carbons (Fsp3) is 0.472. The molecule has 0 saturated carbocycles. The molecule has 4 aromatic rings. The molecule has 1 amide bonds. The number of benzene rings is 2. The Morgan fingerprint density at radius 2 is 1.65 bits per heavy atom. The molecule has 0 radical (unpaired) electrons. The highest BCUT2D eigenvalue weighted by molar-refractivity contribution is 7.90. The molecule has 2 aliphatic rings. The van der Waals surface area contributed by atoms with Crippen LogP contribution in [0, 0.1) is 18.3 Å². The molecule has 12 nitrogen and oxygen atoms in total. The lowest BCUT2D eigenvalue weighted by molar-refractivity contribution is 0.103. The average molecular weight is 689 g/mol. The first kappa shape index (κ1) is 34.5. The minimum Gasteiger partial charge on any atom is -0.465 e. The Balaban J connectivity index is 1.41. The summed E-state index contributed by atoms with van der Waals surface area (Å²) >= 11 is 0. The molecule has 0 spiro atoms.